The van der Waals surface area contributed by atoms with Crippen molar-refractivity contribution in [2.24, 2.45) is 0 Å². The Labute approximate surface area is 136 Å². The highest BCUT2D eigenvalue weighted by molar-refractivity contribution is 9.10. The summed E-state index contributed by atoms with van der Waals surface area (Å²) >= 11 is 18.4. The average molecular weight is 419 g/mol. The van der Waals surface area contributed by atoms with Gasteiger partial charge in [0, 0.05) is 14.0 Å². The molecule has 0 unspecified atom stereocenters. The maximum Gasteiger partial charge on any atom is 0.182 e. The first-order valence-electron chi connectivity index (χ1n) is 5.42. The quantitative estimate of drug-likeness (QED) is 0.491. The number of H-pyrrole nitrogens is 1. The Hall–Kier alpha value is -0.620. The van der Waals surface area contributed by atoms with Crippen molar-refractivity contribution >= 4 is 66.7 Å². The largest absolute Gasteiger partial charge is 0.330 e. The summed E-state index contributed by atoms with van der Waals surface area (Å²) in [6.45, 7) is 0. The summed E-state index contributed by atoms with van der Waals surface area (Å²) in [5.74, 6) is 0. The van der Waals surface area contributed by atoms with E-state index in [4.69, 9.17) is 23.8 Å². The van der Waals surface area contributed by atoms with Gasteiger partial charge in [0.25, 0.3) is 0 Å². The monoisotopic (exact) mass is 416 g/mol. The number of nitrogens with zero attached hydrogens (tertiary/aromatic N) is 1. The van der Waals surface area contributed by atoms with Crippen LogP contribution in [0.1, 0.15) is 0 Å². The predicted octanol–water partition coefficient (Wildman–Crippen LogP) is 5.87. The summed E-state index contributed by atoms with van der Waals surface area (Å²) in [5.41, 5.74) is 2.97. The van der Waals surface area contributed by atoms with E-state index >= 15 is 0 Å². The van der Waals surface area contributed by atoms with E-state index in [9.17, 15) is 0 Å². The van der Waals surface area contributed by atoms with Crippen molar-refractivity contribution in [2.45, 2.75) is 0 Å². The van der Waals surface area contributed by atoms with Gasteiger partial charge in [0.05, 0.1) is 16.7 Å². The molecular weight excluding hydrogens is 411 g/mol. The van der Waals surface area contributed by atoms with Crippen LogP contribution in [0.25, 0.3) is 16.7 Å². The van der Waals surface area contributed by atoms with E-state index in [1.807, 2.05) is 41.0 Å². The van der Waals surface area contributed by atoms with E-state index in [0.29, 0.717) is 9.79 Å². The highest BCUT2D eigenvalue weighted by atomic mass is 79.9. The van der Waals surface area contributed by atoms with Crippen molar-refractivity contribution in [2.75, 3.05) is 0 Å². The molecule has 0 aliphatic carbocycles. The highest BCUT2D eigenvalue weighted by Gasteiger charge is 2.10. The van der Waals surface area contributed by atoms with Crippen molar-refractivity contribution in [1.29, 1.82) is 0 Å². The van der Waals surface area contributed by atoms with Crippen molar-refractivity contribution in [3.8, 4) is 5.69 Å². The maximum absolute atomic E-state index is 5.98. The SMILES string of the molecule is S=c1[nH]c2ccc(Br)cc2n1-c1ccc(Cl)cc1Br. The molecule has 0 radical (unpaired) electrons. The number of hydrogen-bond acceptors (Lipinski definition) is 1. The minimum atomic E-state index is 0.649. The third-order valence-corrected chi connectivity index (χ3v) is 4.44. The molecule has 0 fully saturated rings. The van der Waals surface area contributed by atoms with E-state index in [0.717, 1.165) is 25.7 Å². The molecule has 0 atom stereocenters. The molecule has 96 valence electrons. The van der Waals surface area contributed by atoms with Crippen molar-refractivity contribution in [3.63, 3.8) is 0 Å². The summed E-state index contributed by atoms with van der Waals surface area (Å²) in [6.07, 6.45) is 0. The first kappa shape index (κ1) is 13.4. The van der Waals surface area contributed by atoms with Gasteiger partial charge in [0.2, 0.25) is 0 Å². The lowest BCUT2D eigenvalue weighted by Crippen LogP contribution is -1.95. The molecule has 19 heavy (non-hydrogen) atoms. The Bertz CT molecular complexity index is 838. The first-order valence-corrected chi connectivity index (χ1v) is 7.79. The fourth-order valence-electron chi connectivity index (χ4n) is 1.98. The molecular formula is C13H7Br2ClN2S. The van der Waals surface area contributed by atoms with Crippen LogP contribution in [0, 0.1) is 4.77 Å². The smallest absolute Gasteiger partial charge is 0.182 e. The Morgan fingerprint density at radius 2 is 1.89 bits per heavy atom. The second-order valence-electron chi connectivity index (χ2n) is 4.02. The zero-order chi connectivity index (χ0) is 13.6. The second-order valence-corrected chi connectivity index (χ2v) is 6.62. The van der Waals surface area contributed by atoms with Gasteiger partial charge >= 0.3 is 0 Å². The molecule has 3 rings (SSSR count). The number of benzene rings is 2. The zero-order valence-electron chi connectivity index (χ0n) is 9.45. The molecule has 1 N–H and O–H groups in total. The molecule has 6 heteroatoms. The van der Waals surface area contributed by atoms with Gasteiger partial charge in [-0.3, -0.25) is 4.57 Å². The van der Waals surface area contributed by atoms with Crippen LogP contribution < -0.4 is 0 Å². The molecule has 3 aromatic rings. The van der Waals surface area contributed by atoms with Crippen LogP contribution in [0.4, 0.5) is 0 Å². The number of fused-ring (bicyclic) bond motifs is 1. The minimum absolute atomic E-state index is 0.649. The Kier molecular flexibility index (Phi) is 3.55. The van der Waals surface area contributed by atoms with Crippen molar-refractivity contribution in [1.82, 2.24) is 9.55 Å². The van der Waals surface area contributed by atoms with Gasteiger partial charge in [-0.1, -0.05) is 27.5 Å². The predicted molar refractivity (Wildman–Crippen MR) is 88.9 cm³/mol. The summed E-state index contributed by atoms with van der Waals surface area (Å²) in [6, 6.07) is 11.7. The number of aromatic amines is 1. The van der Waals surface area contributed by atoms with Crippen LogP contribution >= 0.6 is 55.7 Å². The number of aromatic nitrogens is 2. The first-order chi connectivity index (χ1) is 9.06. The molecule has 0 saturated heterocycles. The van der Waals surface area contributed by atoms with Gasteiger partial charge in [-0.15, -0.1) is 0 Å². The topological polar surface area (TPSA) is 20.7 Å². The lowest BCUT2D eigenvalue weighted by atomic mass is 10.3. The molecule has 2 nitrogen and oxygen atoms in total. The standard InChI is InChI=1S/C13H7Br2ClN2S/c14-7-1-3-10-12(5-7)18(13(19)17-10)11-4-2-8(16)6-9(11)15/h1-6H,(H,17,19). The normalized spacial score (nSPS) is 11.1. The molecule has 1 heterocycles. The van der Waals surface area contributed by atoms with Crippen LogP contribution in [0.5, 0.6) is 0 Å². The average Bonchev–Trinajstić information content (AvgIpc) is 2.65. The molecule has 0 saturated carbocycles. The molecule has 1 aromatic heterocycles. The Balaban J connectivity index is 2.38. The summed E-state index contributed by atoms with van der Waals surface area (Å²) in [5, 5.41) is 0.683. The van der Waals surface area contributed by atoms with Gasteiger partial charge in [-0.2, -0.15) is 0 Å². The number of rotatable bonds is 1. The molecule has 0 spiro atoms. The van der Waals surface area contributed by atoms with Gasteiger partial charge in [-0.05, 0) is 64.5 Å². The highest BCUT2D eigenvalue weighted by Crippen LogP contribution is 2.29. The molecule has 2 aromatic carbocycles. The van der Waals surface area contributed by atoms with Crippen LogP contribution in [0.15, 0.2) is 45.3 Å². The summed E-state index contributed by atoms with van der Waals surface area (Å²) < 4.78 is 4.54. The van der Waals surface area contributed by atoms with E-state index < -0.39 is 0 Å². The fraction of sp³-hybridized carbons (Fsp3) is 0. The van der Waals surface area contributed by atoms with Gasteiger partial charge < -0.3 is 4.98 Å². The van der Waals surface area contributed by atoms with E-state index in [1.54, 1.807) is 0 Å². The van der Waals surface area contributed by atoms with E-state index in [-0.39, 0.29) is 0 Å². The van der Waals surface area contributed by atoms with E-state index in [2.05, 4.69) is 36.8 Å². The molecule has 0 bridgehead atoms. The van der Waals surface area contributed by atoms with Gasteiger partial charge in [0.15, 0.2) is 4.77 Å². The number of imidazole rings is 1. The molecule has 0 aliphatic heterocycles. The fourth-order valence-corrected chi connectivity index (χ4v) is 3.49. The van der Waals surface area contributed by atoms with Gasteiger partial charge in [-0.25, -0.2) is 0 Å². The third-order valence-electron chi connectivity index (χ3n) is 2.80. The molecule has 0 amide bonds. The van der Waals surface area contributed by atoms with Crippen LogP contribution in [0.3, 0.4) is 0 Å². The summed E-state index contributed by atoms with van der Waals surface area (Å²) in [7, 11) is 0. The lowest BCUT2D eigenvalue weighted by molar-refractivity contribution is 1.06. The van der Waals surface area contributed by atoms with Crippen LogP contribution in [0.2, 0.25) is 5.02 Å². The number of halogens is 3. The van der Waals surface area contributed by atoms with Crippen LogP contribution in [-0.2, 0) is 0 Å². The minimum Gasteiger partial charge on any atom is -0.330 e. The number of hydrogen-bond donors (Lipinski definition) is 1. The Morgan fingerprint density at radius 3 is 2.63 bits per heavy atom. The summed E-state index contributed by atoms with van der Waals surface area (Å²) in [4.78, 5) is 3.20. The second kappa shape index (κ2) is 5.05. The van der Waals surface area contributed by atoms with Crippen LogP contribution in [-0.4, -0.2) is 9.55 Å². The molecule has 0 aliphatic rings. The Morgan fingerprint density at radius 1 is 1.11 bits per heavy atom. The lowest BCUT2D eigenvalue weighted by Gasteiger charge is -2.07. The third kappa shape index (κ3) is 2.40. The van der Waals surface area contributed by atoms with Gasteiger partial charge in [0.1, 0.15) is 0 Å². The number of nitrogens with one attached hydrogen (secondary N) is 1. The van der Waals surface area contributed by atoms with Crippen molar-refractivity contribution in [3.05, 3.63) is 55.1 Å². The zero-order valence-corrected chi connectivity index (χ0v) is 14.2. The maximum atomic E-state index is 5.98. The van der Waals surface area contributed by atoms with Crippen molar-refractivity contribution < 1.29 is 0 Å². The van der Waals surface area contributed by atoms with E-state index in [1.165, 1.54) is 0 Å².